The van der Waals surface area contributed by atoms with Crippen molar-refractivity contribution in [2.75, 3.05) is 25.6 Å². The van der Waals surface area contributed by atoms with Crippen LogP contribution in [0.25, 0.3) is 16.7 Å². The zero-order valence-electron chi connectivity index (χ0n) is 19.6. The van der Waals surface area contributed by atoms with Crippen molar-refractivity contribution >= 4 is 16.9 Å². The number of hydrogen-bond donors (Lipinski definition) is 1. The molecule has 2 aliphatic heterocycles. The summed E-state index contributed by atoms with van der Waals surface area (Å²) in [6, 6.07) is 15.7. The van der Waals surface area contributed by atoms with Gasteiger partial charge in [-0.2, -0.15) is 0 Å². The van der Waals surface area contributed by atoms with E-state index in [1.807, 2.05) is 55.5 Å². The summed E-state index contributed by atoms with van der Waals surface area (Å²) >= 11 is 0. The lowest BCUT2D eigenvalue weighted by molar-refractivity contribution is 0.0497. The van der Waals surface area contributed by atoms with Crippen molar-refractivity contribution in [3.8, 4) is 22.9 Å². The van der Waals surface area contributed by atoms with Crippen molar-refractivity contribution in [2.45, 2.75) is 32.5 Å². The summed E-state index contributed by atoms with van der Waals surface area (Å²) in [5, 5.41) is 0. The second kappa shape index (κ2) is 9.20. The molecular weight excluding hydrogens is 444 g/mol. The molecule has 1 atom stereocenters. The molecule has 35 heavy (non-hydrogen) atoms. The van der Waals surface area contributed by atoms with E-state index >= 15 is 0 Å². The van der Waals surface area contributed by atoms with Gasteiger partial charge in [0.15, 0.2) is 5.82 Å². The van der Waals surface area contributed by atoms with E-state index in [4.69, 9.17) is 24.7 Å². The van der Waals surface area contributed by atoms with Crippen LogP contribution in [0.5, 0.6) is 17.2 Å². The van der Waals surface area contributed by atoms with Crippen molar-refractivity contribution in [3.63, 3.8) is 0 Å². The van der Waals surface area contributed by atoms with Crippen LogP contribution in [-0.2, 0) is 16.1 Å². The molecule has 1 saturated heterocycles. The number of nitrogens with zero attached hydrogens (tertiary/aromatic N) is 3. The third kappa shape index (κ3) is 4.19. The van der Waals surface area contributed by atoms with Crippen LogP contribution >= 0.6 is 0 Å². The first-order valence-corrected chi connectivity index (χ1v) is 12.0. The van der Waals surface area contributed by atoms with Crippen LogP contribution in [0.3, 0.4) is 0 Å². The van der Waals surface area contributed by atoms with Gasteiger partial charge in [-0.3, -0.25) is 0 Å². The van der Waals surface area contributed by atoms with Gasteiger partial charge in [0, 0.05) is 30.5 Å². The van der Waals surface area contributed by atoms with Gasteiger partial charge in [-0.25, -0.2) is 9.97 Å². The summed E-state index contributed by atoms with van der Waals surface area (Å²) in [6.45, 7) is 4.88. The number of aromatic nitrogens is 3. The van der Waals surface area contributed by atoms with Gasteiger partial charge < -0.3 is 29.2 Å². The Bertz CT molecular complexity index is 1350. The molecule has 0 saturated carbocycles. The topological polar surface area (TPSA) is 93.7 Å². The van der Waals surface area contributed by atoms with Gasteiger partial charge in [-0.1, -0.05) is 6.07 Å². The van der Waals surface area contributed by atoms with E-state index in [0.717, 1.165) is 71.3 Å². The highest BCUT2D eigenvalue weighted by Gasteiger charge is 2.30. The molecule has 4 aromatic rings. The number of ether oxygens (including phenoxy) is 4. The van der Waals surface area contributed by atoms with Crippen molar-refractivity contribution in [1.82, 2.24) is 14.5 Å². The quantitative estimate of drug-likeness (QED) is 0.413. The molecule has 180 valence electrons. The summed E-state index contributed by atoms with van der Waals surface area (Å²) in [5.41, 5.74) is 11.0. The van der Waals surface area contributed by atoms with E-state index in [9.17, 15) is 0 Å². The van der Waals surface area contributed by atoms with Crippen LogP contribution in [0.15, 0.2) is 54.9 Å². The lowest BCUT2D eigenvalue weighted by Crippen LogP contribution is -2.21. The number of hydrogen-bond acceptors (Lipinski definition) is 7. The highest BCUT2D eigenvalue weighted by Crippen LogP contribution is 2.41. The molecule has 6 rings (SSSR count). The van der Waals surface area contributed by atoms with Gasteiger partial charge in [0.05, 0.1) is 25.0 Å². The summed E-state index contributed by atoms with van der Waals surface area (Å²) < 4.78 is 25.5. The number of rotatable bonds is 6. The molecule has 2 aromatic carbocycles. The fourth-order valence-electron chi connectivity index (χ4n) is 4.90. The first kappa shape index (κ1) is 21.9. The van der Waals surface area contributed by atoms with E-state index in [0.29, 0.717) is 24.9 Å². The van der Waals surface area contributed by atoms with Crippen LogP contribution in [0, 0.1) is 5.92 Å². The van der Waals surface area contributed by atoms with E-state index in [1.54, 1.807) is 0 Å². The van der Waals surface area contributed by atoms with Gasteiger partial charge >= 0.3 is 0 Å². The third-order valence-electron chi connectivity index (χ3n) is 6.75. The normalized spacial score (nSPS) is 18.0. The van der Waals surface area contributed by atoms with Crippen LogP contribution in [0.4, 0.5) is 5.82 Å². The van der Waals surface area contributed by atoms with E-state index < -0.39 is 0 Å². The molecule has 0 amide bonds. The predicted octanol–water partition coefficient (Wildman–Crippen LogP) is 5.19. The van der Waals surface area contributed by atoms with Crippen molar-refractivity contribution < 1.29 is 18.9 Å². The Hall–Kier alpha value is -3.62. The molecule has 8 heteroatoms. The number of nitrogens with two attached hydrogens (primary N) is 1. The SMILES string of the molecule is CC1OCc2c1c1ncnc(N)c1n2-c1ccc(Oc2cccc(OCC3CCOCC3)c2)cc1. The lowest BCUT2D eigenvalue weighted by Gasteiger charge is -2.22. The number of fused-ring (bicyclic) bond motifs is 3. The molecule has 1 fully saturated rings. The highest BCUT2D eigenvalue weighted by atomic mass is 16.5. The van der Waals surface area contributed by atoms with Crippen LogP contribution in [-0.4, -0.2) is 34.4 Å². The second-order valence-electron chi connectivity index (χ2n) is 9.04. The Morgan fingerprint density at radius 2 is 1.83 bits per heavy atom. The predicted molar refractivity (Wildman–Crippen MR) is 132 cm³/mol. The summed E-state index contributed by atoms with van der Waals surface area (Å²) in [7, 11) is 0. The minimum Gasteiger partial charge on any atom is -0.493 e. The minimum absolute atomic E-state index is 0.0356. The average Bonchev–Trinajstić information content (AvgIpc) is 3.43. The summed E-state index contributed by atoms with van der Waals surface area (Å²) in [6.07, 6.45) is 3.56. The van der Waals surface area contributed by atoms with Gasteiger partial charge in [0.25, 0.3) is 0 Å². The van der Waals surface area contributed by atoms with Crippen molar-refractivity contribution in [1.29, 1.82) is 0 Å². The van der Waals surface area contributed by atoms with Crippen molar-refractivity contribution in [2.24, 2.45) is 5.92 Å². The largest absolute Gasteiger partial charge is 0.493 e. The van der Waals surface area contributed by atoms with Crippen LogP contribution < -0.4 is 15.2 Å². The zero-order chi connectivity index (χ0) is 23.8. The summed E-state index contributed by atoms with van der Waals surface area (Å²) in [4.78, 5) is 8.72. The Labute approximate surface area is 203 Å². The smallest absolute Gasteiger partial charge is 0.151 e. The van der Waals surface area contributed by atoms with Crippen LogP contribution in [0.2, 0.25) is 0 Å². The first-order chi connectivity index (χ1) is 17.2. The van der Waals surface area contributed by atoms with Gasteiger partial charge in [-0.15, -0.1) is 0 Å². The fraction of sp³-hybridized carbons (Fsp3) is 0.333. The Morgan fingerprint density at radius 3 is 2.66 bits per heavy atom. The lowest BCUT2D eigenvalue weighted by atomic mass is 10.0. The molecule has 2 N–H and O–H groups in total. The van der Waals surface area contributed by atoms with Gasteiger partial charge in [0.1, 0.15) is 34.6 Å². The van der Waals surface area contributed by atoms with Gasteiger partial charge in [-0.05, 0) is 62.1 Å². The maximum absolute atomic E-state index is 6.26. The monoisotopic (exact) mass is 472 g/mol. The molecule has 0 spiro atoms. The number of nitrogen functional groups attached to an aromatic ring is 1. The molecule has 8 nitrogen and oxygen atoms in total. The maximum atomic E-state index is 6.26. The van der Waals surface area contributed by atoms with Crippen LogP contribution in [0.1, 0.15) is 37.1 Å². The Balaban J connectivity index is 1.22. The summed E-state index contributed by atoms with van der Waals surface area (Å²) in [5.74, 6) is 3.27. The molecule has 2 aliphatic rings. The number of benzene rings is 2. The highest BCUT2D eigenvalue weighted by molar-refractivity contribution is 5.91. The minimum atomic E-state index is -0.0356. The van der Waals surface area contributed by atoms with E-state index in [2.05, 4.69) is 14.5 Å². The standard InChI is InChI=1S/C27H28N4O4/c1-17-24-23(15-33-17)31(26-25(24)29-16-30-27(26)28)19-5-7-20(8-6-19)35-22-4-2-3-21(13-22)34-14-18-9-11-32-12-10-18/h2-8,13,16-18H,9-12,14-15H2,1H3,(H2,28,29,30). The van der Waals surface area contributed by atoms with E-state index in [-0.39, 0.29) is 6.10 Å². The molecule has 4 heterocycles. The molecule has 0 aliphatic carbocycles. The number of anilines is 1. The molecular formula is C27H28N4O4. The van der Waals surface area contributed by atoms with Crippen molar-refractivity contribution in [3.05, 3.63) is 66.1 Å². The zero-order valence-corrected chi connectivity index (χ0v) is 19.6. The Morgan fingerprint density at radius 1 is 1.03 bits per heavy atom. The molecule has 0 bridgehead atoms. The molecule has 1 unspecified atom stereocenters. The first-order valence-electron chi connectivity index (χ1n) is 12.0. The van der Waals surface area contributed by atoms with E-state index in [1.165, 1.54) is 6.33 Å². The molecule has 0 radical (unpaired) electrons. The maximum Gasteiger partial charge on any atom is 0.151 e. The molecule has 2 aromatic heterocycles. The average molecular weight is 473 g/mol. The fourth-order valence-corrected chi connectivity index (χ4v) is 4.90. The Kier molecular flexibility index (Phi) is 5.75. The second-order valence-corrected chi connectivity index (χ2v) is 9.04. The third-order valence-corrected chi connectivity index (χ3v) is 6.75. The van der Waals surface area contributed by atoms with Gasteiger partial charge in [0.2, 0.25) is 0 Å².